The Morgan fingerprint density at radius 2 is 1.90 bits per heavy atom. The molecule has 0 bridgehead atoms. The quantitative estimate of drug-likeness (QED) is 0.925. The van der Waals surface area contributed by atoms with Gasteiger partial charge in [0.1, 0.15) is 0 Å². The van der Waals surface area contributed by atoms with Crippen LogP contribution in [0, 0.1) is 4.78 Å². The molecule has 1 fully saturated rings. The van der Waals surface area contributed by atoms with Crippen molar-refractivity contribution in [2.24, 2.45) is 0 Å². The molecule has 1 saturated heterocycles. The standard InChI is InChI=1S/C16H26N2OS/c1-12(2)14-7-5-6-8-15(14)16-11-20(17,19)10-9-18(16)13(3)4/h5-8,12-13,16-17H,9-11H2,1-4H3. The summed E-state index contributed by atoms with van der Waals surface area (Å²) in [6, 6.07) is 8.97. The second-order valence-electron chi connectivity index (χ2n) is 6.31. The van der Waals surface area contributed by atoms with E-state index in [0.717, 1.165) is 6.54 Å². The Morgan fingerprint density at radius 3 is 2.50 bits per heavy atom. The number of nitrogens with one attached hydrogen (secondary N) is 1. The summed E-state index contributed by atoms with van der Waals surface area (Å²) in [6.07, 6.45) is 0. The van der Waals surface area contributed by atoms with Gasteiger partial charge in [-0.2, -0.15) is 0 Å². The van der Waals surface area contributed by atoms with E-state index in [1.54, 1.807) is 0 Å². The van der Waals surface area contributed by atoms with Crippen molar-refractivity contribution in [3.63, 3.8) is 0 Å². The van der Waals surface area contributed by atoms with Gasteiger partial charge in [0.25, 0.3) is 0 Å². The number of nitrogens with zero attached hydrogens (tertiary/aromatic N) is 1. The summed E-state index contributed by atoms with van der Waals surface area (Å²) < 4.78 is 20.3. The number of benzene rings is 1. The molecule has 1 heterocycles. The first kappa shape index (κ1) is 15.5. The summed E-state index contributed by atoms with van der Waals surface area (Å²) in [7, 11) is -2.43. The van der Waals surface area contributed by atoms with Gasteiger partial charge in [0.2, 0.25) is 0 Å². The Labute approximate surface area is 123 Å². The molecule has 1 aromatic rings. The van der Waals surface area contributed by atoms with E-state index in [4.69, 9.17) is 4.78 Å². The zero-order valence-electron chi connectivity index (χ0n) is 12.9. The highest BCUT2D eigenvalue weighted by atomic mass is 32.2. The fraction of sp³-hybridized carbons (Fsp3) is 0.625. The zero-order valence-corrected chi connectivity index (χ0v) is 13.7. The number of rotatable bonds is 3. The molecule has 0 amide bonds. The van der Waals surface area contributed by atoms with Crippen molar-refractivity contribution < 1.29 is 4.21 Å². The van der Waals surface area contributed by atoms with Crippen LogP contribution >= 0.6 is 0 Å². The van der Waals surface area contributed by atoms with Crippen LogP contribution in [0.3, 0.4) is 0 Å². The molecular weight excluding hydrogens is 268 g/mol. The zero-order chi connectivity index (χ0) is 14.9. The van der Waals surface area contributed by atoms with Gasteiger partial charge >= 0.3 is 0 Å². The van der Waals surface area contributed by atoms with Crippen LogP contribution in [0.15, 0.2) is 24.3 Å². The third-order valence-electron chi connectivity index (χ3n) is 4.15. The lowest BCUT2D eigenvalue weighted by molar-refractivity contribution is 0.170. The molecule has 1 aromatic carbocycles. The predicted molar refractivity (Wildman–Crippen MR) is 85.7 cm³/mol. The van der Waals surface area contributed by atoms with Gasteiger partial charge < -0.3 is 0 Å². The van der Waals surface area contributed by atoms with Crippen molar-refractivity contribution in [1.29, 1.82) is 4.78 Å². The summed E-state index contributed by atoms with van der Waals surface area (Å²) in [5, 5.41) is 0. The molecule has 0 aliphatic carbocycles. The van der Waals surface area contributed by atoms with E-state index in [0.29, 0.717) is 23.5 Å². The Balaban J connectivity index is 2.46. The molecule has 4 heteroatoms. The second kappa shape index (κ2) is 5.86. The van der Waals surface area contributed by atoms with Crippen LogP contribution in [-0.2, 0) is 9.73 Å². The molecule has 1 aliphatic heterocycles. The summed E-state index contributed by atoms with van der Waals surface area (Å²) in [5.74, 6) is 1.42. The Bertz CT molecular complexity index is 564. The van der Waals surface area contributed by atoms with Crippen LogP contribution in [0.1, 0.15) is 50.8 Å². The number of hydrogen-bond donors (Lipinski definition) is 1. The molecule has 3 nitrogen and oxygen atoms in total. The van der Waals surface area contributed by atoms with Crippen LogP contribution in [0.4, 0.5) is 0 Å². The lowest BCUT2D eigenvalue weighted by Gasteiger charge is -2.40. The van der Waals surface area contributed by atoms with E-state index >= 15 is 0 Å². The third-order valence-corrected chi connectivity index (χ3v) is 5.84. The lowest BCUT2D eigenvalue weighted by Crippen LogP contribution is -2.46. The highest BCUT2D eigenvalue weighted by molar-refractivity contribution is 7.92. The molecule has 0 radical (unpaired) electrons. The van der Waals surface area contributed by atoms with E-state index in [-0.39, 0.29) is 6.04 Å². The van der Waals surface area contributed by atoms with Crippen molar-refractivity contribution in [3.05, 3.63) is 35.4 Å². The normalized spacial score (nSPS) is 28.2. The fourth-order valence-corrected chi connectivity index (χ4v) is 4.62. The van der Waals surface area contributed by atoms with E-state index in [2.05, 4.69) is 56.9 Å². The predicted octanol–water partition coefficient (Wildman–Crippen LogP) is 3.62. The van der Waals surface area contributed by atoms with Crippen LogP contribution in [-0.4, -0.2) is 33.2 Å². The molecule has 0 aromatic heterocycles. The number of hydrogen-bond acceptors (Lipinski definition) is 3. The van der Waals surface area contributed by atoms with E-state index < -0.39 is 9.73 Å². The molecule has 1 aliphatic rings. The van der Waals surface area contributed by atoms with Crippen molar-refractivity contribution in [2.75, 3.05) is 18.1 Å². The van der Waals surface area contributed by atoms with Crippen molar-refractivity contribution >= 4 is 9.73 Å². The Morgan fingerprint density at radius 1 is 1.25 bits per heavy atom. The maximum absolute atomic E-state index is 12.3. The maximum atomic E-state index is 12.3. The average molecular weight is 294 g/mol. The van der Waals surface area contributed by atoms with Crippen molar-refractivity contribution in [2.45, 2.75) is 45.7 Å². The molecule has 0 saturated carbocycles. The average Bonchev–Trinajstić information content (AvgIpc) is 2.37. The van der Waals surface area contributed by atoms with Gasteiger partial charge in [0, 0.05) is 34.1 Å². The van der Waals surface area contributed by atoms with Crippen molar-refractivity contribution in [1.82, 2.24) is 4.90 Å². The van der Waals surface area contributed by atoms with Gasteiger partial charge in [-0.15, -0.1) is 0 Å². The first-order valence-corrected chi connectivity index (χ1v) is 9.30. The molecule has 2 unspecified atom stereocenters. The van der Waals surface area contributed by atoms with Crippen LogP contribution in [0.5, 0.6) is 0 Å². The second-order valence-corrected chi connectivity index (χ2v) is 8.68. The molecular formula is C16H26N2OS. The minimum atomic E-state index is -2.43. The van der Waals surface area contributed by atoms with Gasteiger partial charge in [0.05, 0.1) is 5.75 Å². The summed E-state index contributed by atoms with van der Waals surface area (Å²) in [5.41, 5.74) is 2.58. The van der Waals surface area contributed by atoms with Gasteiger partial charge in [0.15, 0.2) is 0 Å². The summed E-state index contributed by atoms with van der Waals surface area (Å²) >= 11 is 0. The molecule has 2 atom stereocenters. The van der Waals surface area contributed by atoms with Gasteiger partial charge in [-0.25, -0.2) is 4.21 Å². The van der Waals surface area contributed by atoms with Crippen LogP contribution in [0.25, 0.3) is 0 Å². The molecule has 112 valence electrons. The smallest absolute Gasteiger partial charge is 0.0514 e. The minimum Gasteiger partial charge on any atom is -0.292 e. The summed E-state index contributed by atoms with van der Waals surface area (Å²) in [6.45, 7) is 9.51. The Kier molecular flexibility index (Phi) is 4.55. The largest absolute Gasteiger partial charge is 0.292 e. The van der Waals surface area contributed by atoms with Crippen molar-refractivity contribution in [3.8, 4) is 0 Å². The molecule has 0 spiro atoms. The molecule has 2 rings (SSSR count). The highest BCUT2D eigenvalue weighted by Crippen LogP contribution is 2.33. The Hall–Kier alpha value is -0.870. The van der Waals surface area contributed by atoms with Gasteiger partial charge in [-0.1, -0.05) is 38.1 Å². The van der Waals surface area contributed by atoms with Gasteiger partial charge in [-0.3, -0.25) is 9.68 Å². The topological polar surface area (TPSA) is 44.2 Å². The fourth-order valence-electron chi connectivity index (χ4n) is 3.07. The molecule has 1 N–H and O–H groups in total. The SMILES string of the molecule is CC(C)c1ccccc1C1CS(=N)(=O)CCN1C(C)C. The van der Waals surface area contributed by atoms with E-state index in [1.165, 1.54) is 11.1 Å². The monoisotopic (exact) mass is 294 g/mol. The maximum Gasteiger partial charge on any atom is 0.0514 e. The summed E-state index contributed by atoms with van der Waals surface area (Å²) in [4.78, 5) is 2.40. The molecule has 20 heavy (non-hydrogen) atoms. The third kappa shape index (κ3) is 3.23. The first-order valence-electron chi connectivity index (χ1n) is 7.40. The van der Waals surface area contributed by atoms with Gasteiger partial charge in [-0.05, 0) is 30.9 Å². The van der Waals surface area contributed by atoms with Crippen LogP contribution in [0.2, 0.25) is 0 Å². The van der Waals surface area contributed by atoms with E-state index in [9.17, 15) is 4.21 Å². The first-order chi connectivity index (χ1) is 9.32. The van der Waals surface area contributed by atoms with Crippen LogP contribution < -0.4 is 0 Å². The van der Waals surface area contributed by atoms with E-state index in [1.807, 2.05) is 0 Å². The highest BCUT2D eigenvalue weighted by Gasteiger charge is 2.33. The minimum absolute atomic E-state index is 0.118. The lowest BCUT2D eigenvalue weighted by atomic mass is 9.92.